The van der Waals surface area contributed by atoms with Gasteiger partial charge >= 0.3 is 0 Å². The lowest BCUT2D eigenvalue weighted by molar-refractivity contribution is 0.131. The summed E-state index contributed by atoms with van der Waals surface area (Å²) in [5, 5.41) is 9.87. The fraction of sp³-hybridized carbons (Fsp3) is 1.00. The summed E-state index contributed by atoms with van der Waals surface area (Å²) in [6.07, 6.45) is 3.52. The molecule has 0 spiro atoms. The number of hydrogen-bond acceptors (Lipinski definition) is 3. The van der Waals surface area contributed by atoms with E-state index in [1.165, 1.54) is 0 Å². The zero-order valence-corrected chi connectivity index (χ0v) is 10.7. The molecule has 90 valence electrons. The molecule has 0 aromatic rings. The Balaban J connectivity index is 2.61. The molecule has 1 aliphatic rings. The largest absolute Gasteiger partial charge is 0.392 e. The summed E-state index contributed by atoms with van der Waals surface area (Å²) >= 11 is 0. The molecular weight excluding hydrogens is 212 g/mol. The molecule has 0 aromatic heterocycles. The quantitative estimate of drug-likeness (QED) is 0.809. The Kier molecular flexibility index (Phi) is 3.82. The summed E-state index contributed by atoms with van der Waals surface area (Å²) in [7, 11) is -3.18. The maximum Gasteiger partial charge on any atom is 0.157 e. The van der Waals surface area contributed by atoms with Gasteiger partial charge in [0.1, 0.15) is 0 Å². The summed E-state index contributed by atoms with van der Waals surface area (Å²) in [6, 6.07) is 0. The average molecular weight is 234 g/mol. The summed E-state index contributed by atoms with van der Waals surface area (Å²) in [4.78, 5) is 0. The molecule has 4 heteroatoms. The Morgan fingerprint density at radius 3 is 2.13 bits per heavy atom. The molecule has 0 heterocycles. The zero-order valence-electron chi connectivity index (χ0n) is 9.86. The van der Waals surface area contributed by atoms with E-state index in [1.807, 2.05) is 0 Å². The minimum Gasteiger partial charge on any atom is -0.392 e. The highest BCUT2D eigenvalue weighted by molar-refractivity contribution is 7.92. The van der Waals surface area contributed by atoms with Crippen LogP contribution in [-0.2, 0) is 9.84 Å². The number of rotatable bonds is 3. The van der Waals surface area contributed by atoms with Crippen LogP contribution in [0.5, 0.6) is 0 Å². The van der Waals surface area contributed by atoms with Gasteiger partial charge < -0.3 is 5.11 Å². The second kappa shape index (κ2) is 4.42. The van der Waals surface area contributed by atoms with Crippen LogP contribution in [0.1, 0.15) is 46.5 Å². The average Bonchev–Trinajstić information content (AvgIpc) is 2.51. The van der Waals surface area contributed by atoms with E-state index in [-0.39, 0.29) is 11.7 Å². The van der Waals surface area contributed by atoms with Gasteiger partial charge in [0.15, 0.2) is 9.84 Å². The molecule has 0 saturated heterocycles. The summed E-state index contributed by atoms with van der Waals surface area (Å²) in [5.41, 5.74) is 0. The molecule has 1 aliphatic carbocycles. The molecule has 0 radical (unpaired) electrons. The van der Waals surface area contributed by atoms with Crippen molar-refractivity contribution < 1.29 is 13.5 Å². The summed E-state index contributed by atoms with van der Waals surface area (Å²) in [5.74, 6) is 0.114. The first kappa shape index (κ1) is 13.0. The van der Waals surface area contributed by atoms with Crippen molar-refractivity contribution in [2.45, 2.75) is 57.3 Å². The van der Waals surface area contributed by atoms with Crippen LogP contribution in [0.25, 0.3) is 0 Å². The third kappa shape index (κ3) is 3.18. The van der Waals surface area contributed by atoms with Crippen LogP contribution in [0.2, 0.25) is 0 Å². The van der Waals surface area contributed by atoms with E-state index < -0.39 is 20.7 Å². The standard InChI is InChI=1S/C11H22O3S/c1-11(2,3)15(13,14)8-10(12)9-6-4-5-7-9/h9-10,12H,4-8H2,1-3H3/t10-/m0/s1. The molecule has 0 amide bonds. The number of hydrogen-bond donors (Lipinski definition) is 1. The third-order valence-corrected chi connectivity index (χ3v) is 5.91. The summed E-state index contributed by atoms with van der Waals surface area (Å²) in [6.45, 7) is 5.05. The summed E-state index contributed by atoms with van der Waals surface area (Å²) < 4.78 is 23.0. The lowest BCUT2D eigenvalue weighted by atomic mass is 10.0. The van der Waals surface area contributed by atoms with Gasteiger partial charge in [0.05, 0.1) is 16.6 Å². The topological polar surface area (TPSA) is 54.4 Å². The predicted octanol–water partition coefficient (Wildman–Crippen LogP) is 1.75. The molecule has 3 nitrogen and oxygen atoms in total. The first-order valence-corrected chi connectivity index (χ1v) is 7.29. The first-order chi connectivity index (χ1) is 6.74. The SMILES string of the molecule is CC(C)(C)S(=O)(=O)C[C@H](O)C1CCCC1. The van der Waals surface area contributed by atoms with Crippen molar-refractivity contribution in [3.8, 4) is 0 Å². The van der Waals surface area contributed by atoms with Crippen molar-refractivity contribution in [2.75, 3.05) is 5.75 Å². The molecule has 0 bridgehead atoms. The molecule has 15 heavy (non-hydrogen) atoms. The fourth-order valence-electron chi connectivity index (χ4n) is 1.95. The van der Waals surface area contributed by atoms with Crippen LogP contribution in [0.3, 0.4) is 0 Å². The highest BCUT2D eigenvalue weighted by Crippen LogP contribution is 2.29. The van der Waals surface area contributed by atoms with Gasteiger partial charge in [-0.05, 0) is 39.5 Å². The van der Waals surface area contributed by atoms with Crippen molar-refractivity contribution in [1.29, 1.82) is 0 Å². The van der Waals surface area contributed by atoms with Crippen LogP contribution >= 0.6 is 0 Å². The molecule has 0 aliphatic heterocycles. The van der Waals surface area contributed by atoms with E-state index in [9.17, 15) is 13.5 Å². The lowest BCUT2D eigenvalue weighted by Gasteiger charge is -2.24. The maximum absolute atomic E-state index is 11.9. The number of aliphatic hydroxyl groups excluding tert-OH is 1. The second-order valence-corrected chi connectivity index (χ2v) is 8.29. The van der Waals surface area contributed by atoms with Crippen LogP contribution in [0.4, 0.5) is 0 Å². The molecular formula is C11H22O3S. The van der Waals surface area contributed by atoms with E-state index in [1.54, 1.807) is 20.8 Å². The van der Waals surface area contributed by atoms with Crippen molar-refractivity contribution in [3.63, 3.8) is 0 Å². The highest BCUT2D eigenvalue weighted by Gasteiger charge is 2.34. The van der Waals surface area contributed by atoms with Crippen LogP contribution in [0, 0.1) is 5.92 Å². The van der Waals surface area contributed by atoms with E-state index >= 15 is 0 Å². The van der Waals surface area contributed by atoms with Crippen molar-refractivity contribution in [2.24, 2.45) is 5.92 Å². The Labute approximate surface area is 92.8 Å². The molecule has 1 atom stereocenters. The van der Waals surface area contributed by atoms with Gasteiger partial charge in [-0.1, -0.05) is 12.8 Å². The molecule has 1 N–H and O–H groups in total. The van der Waals surface area contributed by atoms with E-state index in [4.69, 9.17) is 0 Å². The second-order valence-electron chi connectivity index (χ2n) is 5.51. The molecule has 0 unspecified atom stereocenters. The number of aliphatic hydroxyl groups is 1. The Hall–Kier alpha value is -0.0900. The van der Waals surface area contributed by atoms with Crippen LogP contribution in [0.15, 0.2) is 0 Å². The smallest absolute Gasteiger partial charge is 0.157 e. The first-order valence-electron chi connectivity index (χ1n) is 5.64. The maximum atomic E-state index is 11.9. The van der Waals surface area contributed by atoms with Crippen molar-refractivity contribution >= 4 is 9.84 Å². The number of sulfone groups is 1. The minimum absolute atomic E-state index is 0.0822. The lowest BCUT2D eigenvalue weighted by Crippen LogP contribution is -2.37. The molecule has 1 fully saturated rings. The van der Waals surface area contributed by atoms with Gasteiger partial charge in [-0.2, -0.15) is 0 Å². The van der Waals surface area contributed by atoms with Gasteiger partial charge in [-0.3, -0.25) is 0 Å². The Morgan fingerprint density at radius 2 is 1.73 bits per heavy atom. The third-order valence-electron chi connectivity index (χ3n) is 3.27. The van der Waals surface area contributed by atoms with Crippen molar-refractivity contribution in [3.05, 3.63) is 0 Å². The molecule has 1 rings (SSSR count). The van der Waals surface area contributed by atoms with Gasteiger partial charge in [-0.25, -0.2) is 8.42 Å². The minimum atomic E-state index is -3.18. The molecule has 0 aromatic carbocycles. The van der Waals surface area contributed by atoms with Crippen LogP contribution in [-0.4, -0.2) is 30.1 Å². The van der Waals surface area contributed by atoms with Gasteiger partial charge in [0.2, 0.25) is 0 Å². The van der Waals surface area contributed by atoms with E-state index in [0.29, 0.717) is 0 Å². The van der Waals surface area contributed by atoms with Gasteiger partial charge in [0.25, 0.3) is 0 Å². The zero-order chi connectivity index (χ0) is 11.7. The van der Waals surface area contributed by atoms with Gasteiger partial charge in [0, 0.05) is 0 Å². The Bertz CT molecular complexity index is 294. The monoisotopic (exact) mass is 234 g/mol. The van der Waals surface area contributed by atoms with Gasteiger partial charge in [-0.15, -0.1) is 0 Å². The van der Waals surface area contributed by atoms with Crippen molar-refractivity contribution in [1.82, 2.24) is 0 Å². The normalized spacial score (nSPS) is 21.9. The Morgan fingerprint density at radius 1 is 1.27 bits per heavy atom. The van der Waals surface area contributed by atoms with E-state index in [0.717, 1.165) is 25.7 Å². The molecule has 1 saturated carbocycles. The fourth-order valence-corrected chi connectivity index (χ4v) is 3.17. The predicted molar refractivity (Wildman–Crippen MR) is 61.5 cm³/mol. The van der Waals surface area contributed by atoms with Crippen LogP contribution < -0.4 is 0 Å². The highest BCUT2D eigenvalue weighted by atomic mass is 32.2. The van der Waals surface area contributed by atoms with E-state index in [2.05, 4.69) is 0 Å².